The minimum absolute atomic E-state index is 0.00775. The van der Waals surface area contributed by atoms with Crippen LogP contribution in [-0.4, -0.2) is 85.7 Å². The van der Waals surface area contributed by atoms with Gasteiger partial charge in [-0.2, -0.15) is 0 Å². The van der Waals surface area contributed by atoms with E-state index in [9.17, 15) is 14.4 Å². The van der Waals surface area contributed by atoms with Crippen molar-refractivity contribution in [3.05, 3.63) is 35.4 Å². The van der Waals surface area contributed by atoms with Gasteiger partial charge in [0, 0.05) is 31.7 Å². The molecule has 4 heterocycles. The van der Waals surface area contributed by atoms with Gasteiger partial charge in [0.2, 0.25) is 17.7 Å². The highest BCUT2D eigenvalue weighted by molar-refractivity contribution is 5.81. The second kappa shape index (κ2) is 10.4. The van der Waals surface area contributed by atoms with Gasteiger partial charge in [0.25, 0.3) is 0 Å². The summed E-state index contributed by atoms with van der Waals surface area (Å²) in [4.78, 5) is 42.0. The molecule has 0 radical (unpaired) electrons. The maximum atomic E-state index is 13.1. The van der Waals surface area contributed by atoms with Crippen LogP contribution in [0.5, 0.6) is 0 Å². The van der Waals surface area contributed by atoms with E-state index in [4.69, 9.17) is 4.74 Å². The lowest BCUT2D eigenvalue weighted by atomic mass is 9.92. The highest BCUT2D eigenvalue weighted by atomic mass is 16.5. The average Bonchev–Trinajstić information content (AvgIpc) is 2.87. The van der Waals surface area contributed by atoms with Crippen molar-refractivity contribution in [2.24, 2.45) is 11.8 Å². The first-order valence-corrected chi connectivity index (χ1v) is 12.6. The molecule has 1 aromatic rings. The zero-order chi connectivity index (χ0) is 23.5. The molecule has 3 unspecified atom stereocenters. The number of hydrogen-bond donors (Lipinski definition) is 3. The van der Waals surface area contributed by atoms with E-state index < -0.39 is 0 Å². The number of amides is 3. The van der Waals surface area contributed by atoms with Gasteiger partial charge >= 0.3 is 0 Å². The molecule has 184 valence electrons. The molecular weight excluding hydrogens is 434 g/mol. The van der Waals surface area contributed by atoms with Crippen LogP contribution in [0.25, 0.3) is 0 Å². The van der Waals surface area contributed by atoms with E-state index in [1.165, 1.54) is 11.1 Å². The largest absolute Gasteiger partial charge is 0.381 e. The maximum Gasteiger partial charge on any atom is 0.234 e. The SMILES string of the molecule is O=C(CN1CCC(C(=O)N2CCc3ccccc3C2)CC1)NCC1NC(=O)C2COCCC2N1. The molecule has 9 heteroatoms. The van der Waals surface area contributed by atoms with Gasteiger partial charge in [-0.15, -0.1) is 0 Å². The molecule has 0 bridgehead atoms. The number of likely N-dealkylation sites (tertiary alicyclic amines) is 1. The van der Waals surface area contributed by atoms with Crippen LogP contribution >= 0.6 is 0 Å². The summed E-state index contributed by atoms with van der Waals surface area (Å²) in [5.74, 6) is 0.0846. The number of piperidine rings is 1. The van der Waals surface area contributed by atoms with Gasteiger partial charge < -0.3 is 20.3 Å². The summed E-state index contributed by atoms with van der Waals surface area (Å²) < 4.78 is 5.40. The van der Waals surface area contributed by atoms with Crippen molar-refractivity contribution >= 4 is 17.7 Å². The van der Waals surface area contributed by atoms with Crippen LogP contribution in [0.1, 0.15) is 30.4 Å². The van der Waals surface area contributed by atoms with Crippen molar-refractivity contribution in [2.75, 3.05) is 45.9 Å². The third-order valence-corrected chi connectivity index (χ3v) is 7.67. The minimum Gasteiger partial charge on any atom is -0.381 e. The fourth-order valence-electron chi connectivity index (χ4n) is 5.64. The van der Waals surface area contributed by atoms with E-state index in [2.05, 4.69) is 39.0 Å². The molecule has 3 amide bonds. The molecule has 3 saturated heterocycles. The molecule has 3 N–H and O–H groups in total. The van der Waals surface area contributed by atoms with Crippen LogP contribution in [0.4, 0.5) is 0 Å². The Hall–Kier alpha value is -2.49. The fraction of sp³-hybridized carbons (Fsp3) is 0.640. The van der Waals surface area contributed by atoms with Crippen molar-refractivity contribution in [1.82, 2.24) is 25.8 Å². The van der Waals surface area contributed by atoms with E-state index in [-0.39, 0.29) is 41.8 Å². The Morgan fingerprint density at radius 2 is 1.88 bits per heavy atom. The first-order chi connectivity index (χ1) is 16.6. The van der Waals surface area contributed by atoms with Crippen molar-refractivity contribution in [3.8, 4) is 0 Å². The Balaban J connectivity index is 1.03. The van der Waals surface area contributed by atoms with Crippen molar-refractivity contribution < 1.29 is 19.1 Å². The second-order valence-corrected chi connectivity index (χ2v) is 9.94. The number of carbonyl (C=O) groups is 3. The van der Waals surface area contributed by atoms with E-state index >= 15 is 0 Å². The highest BCUT2D eigenvalue weighted by Gasteiger charge is 2.38. The maximum absolute atomic E-state index is 13.1. The molecule has 5 rings (SSSR count). The average molecular weight is 470 g/mol. The van der Waals surface area contributed by atoms with Crippen LogP contribution in [0.3, 0.4) is 0 Å². The standard InChI is InChI=1S/C25H35N5O4/c31-23(26-13-22-27-21-8-12-34-16-20(21)24(32)28-22)15-29-9-5-18(6-10-29)25(33)30-11-7-17-3-1-2-4-19(17)14-30/h1-4,18,20-22,27H,5-16H2,(H,26,31)(H,28,32). The summed E-state index contributed by atoms with van der Waals surface area (Å²) in [6.07, 6.45) is 3.05. The molecule has 0 aliphatic carbocycles. The molecule has 3 atom stereocenters. The predicted octanol–water partition coefficient (Wildman–Crippen LogP) is -0.150. The monoisotopic (exact) mass is 469 g/mol. The van der Waals surface area contributed by atoms with E-state index in [1.807, 2.05) is 11.0 Å². The molecule has 1 aromatic carbocycles. The van der Waals surface area contributed by atoms with Crippen molar-refractivity contribution in [1.29, 1.82) is 0 Å². The summed E-state index contributed by atoms with van der Waals surface area (Å²) in [7, 11) is 0. The Bertz CT molecular complexity index is 916. The highest BCUT2D eigenvalue weighted by Crippen LogP contribution is 2.24. The summed E-state index contributed by atoms with van der Waals surface area (Å²) in [6.45, 7) is 4.78. The first-order valence-electron chi connectivity index (χ1n) is 12.6. The Morgan fingerprint density at radius 3 is 2.71 bits per heavy atom. The lowest BCUT2D eigenvalue weighted by Gasteiger charge is -2.40. The van der Waals surface area contributed by atoms with E-state index in [0.29, 0.717) is 32.8 Å². The first kappa shape index (κ1) is 23.3. The third kappa shape index (κ3) is 5.26. The van der Waals surface area contributed by atoms with Gasteiger partial charge in [0.15, 0.2) is 0 Å². The summed E-state index contributed by atoms with van der Waals surface area (Å²) in [5.41, 5.74) is 2.61. The third-order valence-electron chi connectivity index (χ3n) is 7.67. The number of benzene rings is 1. The zero-order valence-corrected chi connectivity index (χ0v) is 19.6. The molecule has 0 saturated carbocycles. The number of hydrogen-bond acceptors (Lipinski definition) is 6. The van der Waals surface area contributed by atoms with Gasteiger partial charge in [-0.05, 0) is 49.9 Å². The molecular formula is C25H35N5O4. The smallest absolute Gasteiger partial charge is 0.234 e. The number of ether oxygens (including phenoxy) is 1. The van der Waals surface area contributed by atoms with E-state index in [1.54, 1.807) is 0 Å². The summed E-state index contributed by atoms with van der Waals surface area (Å²) in [6, 6.07) is 8.48. The summed E-state index contributed by atoms with van der Waals surface area (Å²) >= 11 is 0. The van der Waals surface area contributed by atoms with Gasteiger partial charge in [-0.25, -0.2) is 0 Å². The molecule has 3 fully saturated rings. The van der Waals surface area contributed by atoms with Crippen molar-refractivity contribution in [3.63, 3.8) is 0 Å². The Labute approximate surface area is 200 Å². The topological polar surface area (TPSA) is 103 Å². The Kier molecular flexibility index (Phi) is 7.12. The van der Waals surface area contributed by atoms with Gasteiger partial charge in [0.1, 0.15) is 0 Å². The molecule has 0 aromatic heterocycles. The number of nitrogens with zero attached hydrogens (tertiary/aromatic N) is 2. The van der Waals surface area contributed by atoms with Crippen molar-refractivity contribution in [2.45, 2.75) is 44.4 Å². The molecule has 0 spiro atoms. The van der Waals surface area contributed by atoms with Crippen LogP contribution in [-0.2, 0) is 32.1 Å². The minimum atomic E-state index is -0.256. The summed E-state index contributed by atoms with van der Waals surface area (Å²) in [5, 5.41) is 9.29. The fourth-order valence-corrected chi connectivity index (χ4v) is 5.64. The second-order valence-electron chi connectivity index (χ2n) is 9.94. The van der Waals surface area contributed by atoms with Gasteiger partial charge in [-0.3, -0.25) is 24.6 Å². The number of rotatable bonds is 5. The van der Waals surface area contributed by atoms with Crippen LogP contribution < -0.4 is 16.0 Å². The molecule has 4 aliphatic rings. The van der Waals surface area contributed by atoms with Crippen LogP contribution in [0.15, 0.2) is 24.3 Å². The normalized spacial score (nSPS) is 27.9. The number of carbonyl (C=O) groups excluding carboxylic acids is 3. The molecule has 4 aliphatic heterocycles. The lowest BCUT2D eigenvalue weighted by molar-refractivity contribution is -0.138. The Morgan fingerprint density at radius 1 is 1.09 bits per heavy atom. The molecule has 9 nitrogen and oxygen atoms in total. The van der Waals surface area contributed by atoms with Gasteiger partial charge in [-0.1, -0.05) is 24.3 Å². The van der Waals surface area contributed by atoms with Gasteiger partial charge in [0.05, 0.1) is 31.8 Å². The predicted molar refractivity (Wildman–Crippen MR) is 126 cm³/mol. The molecule has 34 heavy (non-hydrogen) atoms. The number of fused-ring (bicyclic) bond motifs is 2. The number of nitrogens with one attached hydrogen (secondary N) is 3. The van der Waals surface area contributed by atoms with Crippen LogP contribution in [0, 0.1) is 11.8 Å². The zero-order valence-electron chi connectivity index (χ0n) is 19.6. The van der Waals surface area contributed by atoms with Crippen LogP contribution in [0.2, 0.25) is 0 Å². The lowest BCUT2D eigenvalue weighted by Crippen LogP contribution is -2.66. The quantitative estimate of drug-likeness (QED) is 0.554. The van der Waals surface area contributed by atoms with E-state index in [0.717, 1.165) is 45.3 Å².